The molecule has 4 nitrogen and oxygen atoms in total. The maximum Gasteiger partial charge on any atom is 0.246 e. The van der Waals surface area contributed by atoms with E-state index in [9.17, 15) is 21.6 Å². The summed E-state index contributed by atoms with van der Waals surface area (Å²) in [6.45, 7) is 1.70. The van der Waals surface area contributed by atoms with Gasteiger partial charge in [0, 0.05) is 38.8 Å². The molecule has 0 spiro atoms. The van der Waals surface area contributed by atoms with Crippen LogP contribution in [0.1, 0.15) is 5.56 Å². The fourth-order valence-corrected chi connectivity index (χ4v) is 4.52. The van der Waals surface area contributed by atoms with Crippen LogP contribution in [0.3, 0.4) is 0 Å². The van der Waals surface area contributed by atoms with E-state index in [-0.39, 0.29) is 18.1 Å². The Hall–Kier alpha value is -1.61. The molecular weight excluding hydrogens is 389 g/mol. The van der Waals surface area contributed by atoms with Crippen LogP contribution in [0.4, 0.5) is 13.2 Å². The van der Waals surface area contributed by atoms with Gasteiger partial charge in [0.1, 0.15) is 22.3 Å². The van der Waals surface area contributed by atoms with Crippen molar-refractivity contribution in [2.45, 2.75) is 11.4 Å². The molecule has 0 amide bonds. The van der Waals surface area contributed by atoms with Crippen LogP contribution < -0.4 is 0 Å². The zero-order valence-electron chi connectivity index (χ0n) is 13.6. The Morgan fingerprint density at radius 3 is 2.23 bits per heavy atom. The molecule has 0 aromatic heterocycles. The van der Waals surface area contributed by atoms with E-state index >= 15 is 0 Å². The van der Waals surface area contributed by atoms with Crippen molar-refractivity contribution in [2.75, 3.05) is 26.2 Å². The van der Waals surface area contributed by atoms with Gasteiger partial charge >= 0.3 is 0 Å². The van der Waals surface area contributed by atoms with Gasteiger partial charge in [0.05, 0.1) is 5.02 Å². The lowest BCUT2D eigenvalue weighted by molar-refractivity contribution is 0.181. The lowest BCUT2D eigenvalue weighted by Gasteiger charge is -2.34. The molecule has 1 aliphatic heterocycles. The van der Waals surface area contributed by atoms with Gasteiger partial charge in [-0.2, -0.15) is 4.31 Å². The molecule has 0 saturated carbocycles. The van der Waals surface area contributed by atoms with E-state index < -0.39 is 32.4 Å². The lowest BCUT2D eigenvalue weighted by atomic mass is 10.2. The van der Waals surface area contributed by atoms with Crippen LogP contribution in [0.5, 0.6) is 0 Å². The highest BCUT2D eigenvalue weighted by Crippen LogP contribution is 2.22. The number of halogens is 4. The fourth-order valence-electron chi connectivity index (χ4n) is 2.85. The second-order valence-electron chi connectivity index (χ2n) is 6.00. The first kappa shape index (κ1) is 19.2. The summed E-state index contributed by atoms with van der Waals surface area (Å²) in [6, 6.07) is 6.86. The zero-order chi connectivity index (χ0) is 18.9. The Morgan fingerprint density at radius 1 is 0.923 bits per heavy atom. The van der Waals surface area contributed by atoms with Gasteiger partial charge in [-0.1, -0.05) is 17.7 Å². The highest BCUT2D eigenvalue weighted by atomic mass is 35.5. The van der Waals surface area contributed by atoms with Crippen molar-refractivity contribution >= 4 is 21.6 Å². The lowest BCUT2D eigenvalue weighted by Crippen LogP contribution is -2.48. The maximum absolute atomic E-state index is 13.8. The molecule has 0 bridgehead atoms. The maximum atomic E-state index is 13.8. The van der Waals surface area contributed by atoms with Gasteiger partial charge in [-0.25, -0.2) is 21.6 Å². The molecule has 1 fully saturated rings. The molecule has 0 unspecified atom stereocenters. The third-order valence-corrected chi connectivity index (χ3v) is 6.45. The summed E-state index contributed by atoms with van der Waals surface area (Å²) in [5.74, 6) is -2.43. The van der Waals surface area contributed by atoms with Crippen molar-refractivity contribution in [2.24, 2.45) is 0 Å². The third kappa shape index (κ3) is 4.03. The molecule has 140 valence electrons. The molecule has 9 heteroatoms. The van der Waals surface area contributed by atoms with Gasteiger partial charge in [-0.05, 0) is 29.8 Å². The summed E-state index contributed by atoms with van der Waals surface area (Å²) in [5.41, 5.74) is 0.817. The normalized spacial score (nSPS) is 16.8. The van der Waals surface area contributed by atoms with Crippen LogP contribution in [-0.2, 0) is 16.6 Å². The molecule has 0 radical (unpaired) electrons. The van der Waals surface area contributed by atoms with Crippen molar-refractivity contribution in [3.05, 3.63) is 64.4 Å². The molecule has 1 saturated heterocycles. The second kappa shape index (κ2) is 7.56. The first-order chi connectivity index (χ1) is 12.3. The topological polar surface area (TPSA) is 40.6 Å². The predicted octanol–water partition coefficient (Wildman–Crippen LogP) is 3.26. The van der Waals surface area contributed by atoms with Gasteiger partial charge in [0.2, 0.25) is 10.0 Å². The number of benzene rings is 2. The number of rotatable bonds is 4. The van der Waals surface area contributed by atoms with Gasteiger partial charge in [-0.3, -0.25) is 4.90 Å². The van der Waals surface area contributed by atoms with Crippen LogP contribution in [-0.4, -0.2) is 43.8 Å². The summed E-state index contributed by atoms with van der Waals surface area (Å²) in [6.07, 6.45) is 0. The minimum atomic E-state index is -4.02. The van der Waals surface area contributed by atoms with E-state index in [2.05, 4.69) is 0 Å². The summed E-state index contributed by atoms with van der Waals surface area (Å²) in [5, 5.41) is 0.0375. The molecule has 2 aromatic carbocycles. The van der Waals surface area contributed by atoms with E-state index in [1.165, 1.54) is 16.4 Å². The average molecular weight is 405 g/mol. The van der Waals surface area contributed by atoms with Gasteiger partial charge in [0.15, 0.2) is 0 Å². The van der Waals surface area contributed by atoms with Crippen molar-refractivity contribution < 1.29 is 21.6 Å². The molecule has 2 aromatic rings. The number of sulfonamides is 1. The molecule has 1 heterocycles. The van der Waals surface area contributed by atoms with Crippen molar-refractivity contribution in [1.29, 1.82) is 0 Å². The van der Waals surface area contributed by atoms with Gasteiger partial charge < -0.3 is 0 Å². The van der Waals surface area contributed by atoms with Gasteiger partial charge in [0.25, 0.3) is 0 Å². The molecule has 1 aliphatic rings. The number of nitrogens with zero attached hydrogens (tertiary/aromatic N) is 2. The van der Waals surface area contributed by atoms with Crippen molar-refractivity contribution in [1.82, 2.24) is 9.21 Å². The number of piperazine rings is 1. The minimum Gasteiger partial charge on any atom is -0.296 e. The number of hydrogen-bond acceptors (Lipinski definition) is 3. The fraction of sp³-hybridized carbons (Fsp3) is 0.294. The highest BCUT2D eigenvalue weighted by Gasteiger charge is 2.30. The molecule has 0 N–H and O–H groups in total. The van der Waals surface area contributed by atoms with E-state index in [1.807, 2.05) is 4.90 Å². The molecule has 0 atom stereocenters. The molecular formula is C17H16ClF3N2O2S. The Bertz CT molecular complexity index is 916. The largest absolute Gasteiger partial charge is 0.296 e. The third-order valence-electron chi connectivity index (χ3n) is 4.23. The first-order valence-electron chi connectivity index (χ1n) is 7.89. The van der Waals surface area contributed by atoms with Crippen LogP contribution >= 0.6 is 11.6 Å². The summed E-state index contributed by atoms with van der Waals surface area (Å²) >= 11 is 5.77. The average Bonchev–Trinajstić information content (AvgIpc) is 2.58. The minimum absolute atomic E-state index is 0.0375. The molecule has 3 rings (SSSR count). The van der Waals surface area contributed by atoms with Crippen molar-refractivity contribution in [3.8, 4) is 0 Å². The number of hydrogen-bond donors (Lipinski definition) is 0. The summed E-state index contributed by atoms with van der Waals surface area (Å²) < 4.78 is 66.3. The predicted molar refractivity (Wildman–Crippen MR) is 91.8 cm³/mol. The Labute approximate surface area is 154 Å². The van der Waals surface area contributed by atoms with Crippen LogP contribution in [0, 0.1) is 17.5 Å². The van der Waals surface area contributed by atoms with Crippen molar-refractivity contribution in [3.63, 3.8) is 0 Å². The second-order valence-corrected chi connectivity index (χ2v) is 8.32. The van der Waals surface area contributed by atoms with E-state index in [1.54, 1.807) is 6.07 Å². The zero-order valence-corrected chi connectivity index (χ0v) is 15.2. The molecule has 26 heavy (non-hydrogen) atoms. The first-order valence-corrected chi connectivity index (χ1v) is 9.70. The van der Waals surface area contributed by atoms with E-state index in [0.717, 1.165) is 17.7 Å². The van der Waals surface area contributed by atoms with E-state index in [0.29, 0.717) is 25.7 Å². The molecule has 0 aliphatic carbocycles. The van der Waals surface area contributed by atoms with E-state index in [4.69, 9.17) is 11.6 Å². The SMILES string of the molecule is O=S(=O)(c1ccc(F)cc1F)N1CCN(Cc2ccc(F)c(Cl)c2)CC1. The Balaban J connectivity index is 1.66. The Morgan fingerprint density at radius 2 is 1.62 bits per heavy atom. The summed E-state index contributed by atoms with van der Waals surface area (Å²) in [7, 11) is -4.02. The summed E-state index contributed by atoms with van der Waals surface area (Å²) in [4.78, 5) is 1.47. The van der Waals surface area contributed by atoms with Crippen LogP contribution in [0.2, 0.25) is 5.02 Å². The van der Waals surface area contributed by atoms with Crippen LogP contribution in [0.25, 0.3) is 0 Å². The highest BCUT2D eigenvalue weighted by molar-refractivity contribution is 7.89. The van der Waals surface area contributed by atoms with Crippen LogP contribution in [0.15, 0.2) is 41.3 Å². The quantitative estimate of drug-likeness (QED) is 0.785. The standard InChI is InChI=1S/C17H16ClF3N2O2S/c18-14-9-12(1-3-15(14)20)11-22-5-7-23(8-6-22)26(24,25)17-4-2-13(19)10-16(17)21/h1-4,9-10H,5-8,11H2. The monoisotopic (exact) mass is 404 g/mol. The smallest absolute Gasteiger partial charge is 0.246 e. The van der Waals surface area contributed by atoms with Gasteiger partial charge in [-0.15, -0.1) is 0 Å². The Kier molecular flexibility index (Phi) is 5.57.